The third-order valence-corrected chi connectivity index (χ3v) is 5.17. The zero-order valence-electron chi connectivity index (χ0n) is 15.5. The van der Waals surface area contributed by atoms with Crippen LogP contribution in [0.2, 0.25) is 0 Å². The lowest BCUT2D eigenvalue weighted by molar-refractivity contribution is -0.123. The van der Waals surface area contributed by atoms with Crippen LogP contribution in [0.1, 0.15) is 42.1 Å². The number of aryl methyl sites for hydroxylation is 3. The molecule has 0 bridgehead atoms. The Kier molecular flexibility index (Phi) is 5.45. The van der Waals surface area contributed by atoms with Gasteiger partial charge in [0.1, 0.15) is 0 Å². The predicted octanol–water partition coefficient (Wildman–Crippen LogP) is 2.42. The van der Waals surface area contributed by atoms with Crippen molar-refractivity contribution < 1.29 is 9.90 Å². The maximum Gasteiger partial charge on any atom is 0.234 e. The van der Waals surface area contributed by atoms with Crippen molar-refractivity contribution in [1.82, 2.24) is 15.2 Å². The number of β-amino-alcohol motifs (C(OH)–C–C–N with tert-alkyl or cyclic N) is 1. The van der Waals surface area contributed by atoms with E-state index in [4.69, 9.17) is 0 Å². The summed E-state index contributed by atoms with van der Waals surface area (Å²) in [4.78, 5) is 17.9. The SMILES string of the molecule is CCc1[nH]c2c(CNC(=O)CN3CCC[C@H](O)C3)cc(C)cc2c1C. The van der Waals surface area contributed by atoms with E-state index in [2.05, 4.69) is 43.2 Å². The van der Waals surface area contributed by atoms with Crippen LogP contribution in [0.25, 0.3) is 10.9 Å². The summed E-state index contributed by atoms with van der Waals surface area (Å²) in [5, 5.41) is 14.0. The van der Waals surface area contributed by atoms with Gasteiger partial charge in [-0.25, -0.2) is 0 Å². The Morgan fingerprint density at radius 2 is 2.20 bits per heavy atom. The van der Waals surface area contributed by atoms with Gasteiger partial charge in [0.2, 0.25) is 5.91 Å². The molecule has 3 N–H and O–H groups in total. The number of fused-ring (bicyclic) bond motifs is 1. The van der Waals surface area contributed by atoms with Gasteiger partial charge in [-0.3, -0.25) is 9.69 Å². The Morgan fingerprint density at radius 1 is 1.40 bits per heavy atom. The fourth-order valence-electron chi connectivity index (χ4n) is 3.83. The number of nitrogens with one attached hydrogen (secondary N) is 2. The molecule has 1 fully saturated rings. The van der Waals surface area contributed by atoms with Crippen LogP contribution < -0.4 is 5.32 Å². The van der Waals surface area contributed by atoms with Gasteiger partial charge in [0.25, 0.3) is 0 Å². The van der Waals surface area contributed by atoms with Crippen LogP contribution in [0.4, 0.5) is 0 Å². The number of hydrogen-bond donors (Lipinski definition) is 3. The van der Waals surface area contributed by atoms with Crippen molar-refractivity contribution in [1.29, 1.82) is 0 Å². The standard InChI is InChI=1S/C20H29N3O2/c1-4-18-14(3)17-9-13(2)8-15(20(17)22-18)10-21-19(25)12-23-7-5-6-16(24)11-23/h8-9,16,22,24H,4-7,10-12H2,1-3H3,(H,21,25)/t16-/m0/s1. The second-order valence-electron chi connectivity index (χ2n) is 7.24. The molecular formula is C20H29N3O2. The molecule has 0 saturated carbocycles. The highest BCUT2D eigenvalue weighted by Gasteiger charge is 2.19. The molecule has 1 amide bonds. The zero-order valence-corrected chi connectivity index (χ0v) is 15.5. The molecule has 2 aromatic rings. The quantitative estimate of drug-likeness (QED) is 0.781. The van der Waals surface area contributed by atoms with Gasteiger partial charge in [-0.2, -0.15) is 0 Å². The average molecular weight is 343 g/mol. The number of aromatic amines is 1. The van der Waals surface area contributed by atoms with E-state index in [0.29, 0.717) is 19.6 Å². The topological polar surface area (TPSA) is 68.4 Å². The Morgan fingerprint density at radius 3 is 2.92 bits per heavy atom. The van der Waals surface area contributed by atoms with E-state index < -0.39 is 0 Å². The molecule has 5 nitrogen and oxygen atoms in total. The van der Waals surface area contributed by atoms with Crippen molar-refractivity contribution in [3.63, 3.8) is 0 Å². The second-order valence-corrected chi connectivity index (χ2v) is 7.24. The summed E-state index contributed by atoms with van der Waals surface area (Å²) in [6, 6.07) is 4.35. The lowest BCUT2D eigenvalue weighted by Crippen LogP contribution is -2.44. The number of carbonyl (C=O) groups is 1. The molecule has 25 heavy (non-hydrogen) atoms. The molecule has 1 aliphatic heterocycles. The Hall–Kier alpha value is -1.85. The molecule has 2 heterocycles. The van der Waals surface area contributed by atoms with Crippen LogP contribution in [-0.4, -0.2) is 46.6 Å². The van der Waals surface area contributed by atoms with Crippen LogP contribution >= 0.6 is 0 Å². The molecule has 3 rings (SSSR count). The molecule has 0 unspecified atom stereocenters. The fraction of sp³-hybridized carbons (Fsp3) is 0.550. The van der Waals surface area contributed by atoms with Gasteiger partial charge >= 0.3 is 0 Å². The van der Waals surface area contributed by atoms with Gasteiger partial charge < -0.3 is 15.4 Å². The molecule has 0 aliphatic carbocycles. The Bertz CT molecular complexity index is 766. The number of amides is 1. The van der Waals surface area contributed by atoms with Crippen molar-refractivity contribution in [2.24, 2.45) is 0 Å². The summed E-state index contributed by atoms with van der Waals surface area (Å²) in [6.07, 6.45) is 2.47. The van der Waals surface area contributed by atoms with E-state index in [1.807, 2.05) is 4.90 Å². The molecule has 0 radical (unpaired) electrons. The summed E-state index contributed by atoms with van der Waals surface area (Å²) in [5.41, 5.74) is 6.03. The van der Waals surface area contributed by atoms with E-state index in [1.54, 1.807) is 0 Å². The highest BCUT2D eigenvalue weighted by molar-refractivity contribution is 5.88. The third kappa shape index (κ3) is 4.05. The number of rotatable bonds is 5. The Balaban J connectivity index is 1.69. The van der Waals surface area contributed by atoms with Crippen molar-refractivity contribution in [3.8, 4) is 0 Å². The molecular weight excluding hydrogens is 314 g/mol. The number of piperidine rings is 1. The summed E-state index contributed by atoms with van der Waals surface area (Å²) in [6.45, 7) is 8.76. The molecule has 136 valence electrons. The van der Waals surface area contributed by atoms with E-state index >= 15 is 0 Å². The lowest BCUT2D eigenvalue weighted by Gasteiger charge is -2.29. The lowest BCUT2D eigenvalue weighted by atomic mass is 10.0. The monoisotopic (exact) mass is 343 g/mol. The summed E-state index contributed by atoms with van der Waals surface area (Å²) < 4.78 is 0. The molecule has 1 saturated heterocycles. The number of hydrogen-bond acceptors (Lipinski definition) is 3. The summed E-state index contributed by atoms with van der Waals surface area (Å²) in [5.74, 6) is 0.0164. The van der Waals surface area contributed by atoms with Crippen LogP contribution in [0, 0.1) is 13.8 Å². The third-order valence-electron chi connectivity index (χ3n) is 5.17. The second kappa shape index (κ2) is 7.58. The van der Waals surface area contributed by atoms with Gasteiger partial charge in [0.15, 0.2) is 0 Å². The van der Waals surface area contributed by atoms with E-state index in [1.165, 1.54) is 22.2 Å². The first-order valence-electron chi connectivity index (χ1n) is 9.25. The number of aliphatic hydroxyl groups is 1. The van der Waals surface area contributed by atoms with Gasteiger partial charge in [-0.15, -0.1) is 0 Å². The molecule has 1 aliphatic rings. The smallest absolute Gasteiger partial charge is 0.234 e. The van der Waals surface area contributed by atoms with E-state index in [0.717, 1.165) is 36.9 Å². The minimum Gasteiger partial charge on any atom is -0.392 e. The van der Waals surface area contributed by atoms with Crippen molar-refractivity contribution in [2.45, 2.75) is 52.7 Å². The first-order chi connectivity index (χ1) is 12.0. The number of likely N-dealkylation sites (tertiary alicyclic amines) is 1. The van der Waals surface area contributed by atoms with Gasteiger partial charge in [-0.05, 0) is 56.8 Å². The average Bonchev–Trinajstić information content (AvgIpc) is 2.89. The number of benzene rings is 1. The zero-order chi connectivity index (χ0) is 18.0. The molecule has 1 atom stereocenters. The van der Waals surface area contributed by atoms with Crippen molar-refractivity contribution in [2.75, 3.05) is 19.6 Å². The predicted molar refractivity (Wildman–Crippen MR) is 101 cm³/mol. The highest BCUT2D eigenvalue weighted by atomic mass is 16.3. The molecule has 1 aromatic carbocycles. The molecule has 1 aromatic heterocycles. The number of H-pyrrole nitrogens is 1. The van der Waals surface area contributed by atoms with Crippen molar-refractivity contribution >= 4 is 16.8 Å². The van der Waals surface area contributed by atoms with Crippen LogP contribution in [0.3, 0.4) is 0 Å². The number of aromatic nitrogens is 1. The molecule has 5 heteroatoms. The van der Waals surface area contributed by atoms with Gasteiger partial charge in [-0.1, -0.05) is 18.6 Å². The largest absolute Gasteiger partial charge is 0.392 e. The Labute approximate surface area is 149 Å². The van der Waals surface area contributed by atoms with Crippen LogP contribution in [0.15, 0.2) is 12.1 Å². The molecule has 0 spiro atoms. The number of carbonyl (C=O) groups excluding carboxylic acids is 1. The minimum atomic E-state index is -0.299. The van der Waals surface area contributed by atoms with E-state index in [9.17, 15) is 9.90 Å². The number of nitrogens with zero attached hydrogens (tertiary/aromatic N) is 1. The first kappa shape index (κ1) is 18.0. The van der Waals surface area contributed by atoms with Crippen LogP contribution in [-0.2, 0) is 17.8 Å². The van der Waals surface area contributed by atoms with Gasteiger partial charge in [0.05, 0.1) is 18.2 Å². The van der Waals surface area contributed by atoms with E-state index in [-0.39, 0.29) is 12.0 Å². The highest BCUT2D eigenvalue weighted by Crippen LogP contribution is 2.26. The first-order valence-corrected chi connectivity index (χ1v) is 9.25. The summed E-state index contributed by atoms with van der Waals surface area (Å²) >= 11 is 0. The maximum atomic E-state index is 12.3. The van der Waals surface area contributed by atoms with Gasteiger partial charge in [0, 0.05) is 24.2 Å². The van der Waals surface area contributed by atoms with Crippen LogP contribution in [0.5, 0.6) is 0 Å². The van der Waals surface area contributed by atoms with Crippen molar-refractivity contribution in [3.05, 3.63) is 34.5 Å². The normalized spacial score (nSPS) is 18.6. The number of aliphatic hydroxyl groups excluding tert-OH is 1. The summed E-state index contributed by atoms with van der Waals surface area (Å²) in [7, 11) is 0. The minimum absolute atomic E-state index is 0.0164. The fourth-order valence-corrected chi connectivity index (χ4v) is 3.83. The maximum absolute atomic E-state index is 12.3.